The molecule has 0 saturated heterocycles. The predicted octanol–water partition coefficient (Wildman–Crippen LogP) is 7.88. The minimum atomic E-state index is -0.0163. The van der Waals surface area contributed by atoms with Crippen LogP contribution in [0.2, 0.25) is 0 Å². The molecule has 0 radical (unpaired) electrons. The van der Waals surface area contributed by atoms with Crippen molar-refractivity contribution >= 4 is 17.7 Å². The van der Waals surface area contributed by atoms with E-state index in [1.807, 2.05) is 18.4 Å². The molecule has 0 amide bonds. The molecule has 4 heteroatoms. The molecule has 2 atom stereocenters. The lowest BCUT2D eigenvalue weighted by molar-refractivity contribution is -0.151. The fraction of sp³-hybridized carbons (Fsp3) is 0.731. The van der Waals surface area contributed by atoms with Gasteiger partial charge in [0.1, 0.15) is 17.8 Å². The Kier molecular flexibility index (Phi) is 13.1. The summed E-state index contributed by atoms with van der Waals surface area (Å²) in [7, 11) is 0. The van der Waals surface area contributed by atoms with Crippen LogP contribution in [0.5, 0.6) is 5.75 Å². The van der Waals surface area contributed by atoms with E-state index in [1.54, 1.807) is 11.8 Å². The molecule has 2 rings (SSSR count). The Hall–Kier alpha value is -1.16. The third-order valence-electron chi connectivity index (χ3n) is 6.12. The molecule has 0 aliphatic heterocycles. The van der Waals surface area contributed by atoms with E-state index in [0.29, 0.717) is 12.4 Å². The molecule has 1 aliphatic rings. The molecule has 0 bridgehead atoms. The van der Waals surface area contributed by atoms with E-state index >= 15 is 0 Å². The maximum absolute atomic E-state index is 12.5. The second-order valence-electron chi connectivity index (χ2n) is 8.59. The zero-order valence-electron chi connectivity index (χ0n) is 19.2. The Bertz CT molecular complexity index is 589. The van der Waals surface area contributed by atoms with E-state index in [2.05, 4.69) is 19.1 Å². The van der Waals surface area contributed by atoms with Crippen LogP contribution in [-0.2, 0) is 9.53 Å². The lowest BCUT2D eigenvalue weighted by Crippen LogP contribution is -2.29. The van der Waals surface area contributed by atoms with Crippen molar-refractivity contribution in [1.29, 1.82) is 0 Å². The zero-order valence-corrected chi connectivity index (χ0v) is 20.0. The second-order valence-corrected chi connectivity index (χ2v) is 9.40. The smallest absolute Gasteiger partial charge is 0.306 e. The van der Waals surface area contributed by atoms with Gasteiger partial charge in [0.25, 0.3) is 0 Å². The van der Waals surface area contributed by atoms with Crippen molar-refractivity contribution in [2.75, 3.05) is 12.2 Å². The number of carbonyl (C=O) groups excluding carboxylic acids is 1. The number of para-hydroxylation sites is 1. The predicted molar refractivity (Wildman–Crippen MR) is 128 cm³/mol. The summed E-state index contributed by atoms with van der Waals surface area (Å²) in [5.74, 6) is 1.83. The van der Waals surface area contributed by atoms with Crippen LogP contribution in [-0.4, -0.2) is 24.3 Å². The first kappa shape index (κ1) is 25.1. The van der Waals surface area contributed by atoms with E-state index in [0.717, 1.165) is 37.9 Å². The summed E-state index contributed by atoms with van der Waals surface area (Å²) in [6.07, 6.45) is 18.3. The fourth-order valence-electron chi connectivity index (χ4n) is 4.44. The highest BCUT2D eigenvalue weighted by atomic mass is 32.2. The van der Waals surface area contributed by atoms with Gasteiger partial charge in [0.2, 0.25) is 0 Å². The normalized spacial score (nSPS) is 18.9. The molecule has 0 N–H and O–H groups in total. The third-order valence-corrected chi connectivity index (χ3v) is 6.47. The topological polar surface area (TPSA) is 35.5 Å². The van der Waals surface area contributed by atoms with Gasteiger partial charge in [-0.05, 0) is 38.0 Å². The molecule has 30 heavy (non-hydrogen) atoms. The number of benzene rings is 1. The van der Waals surface area contributed by atoms with Gasteiger partial charge in [-0.25, -0.2) is 0 Å². The Balaban J connectivity index is 1.74. The average molecular weight is 435 g/mol. The largest absolute Gasteiger partial charge is 0.483 e. The molecule has 170 valence electrons. The Labute approximate surface area is 188 Å². The summed E-state index contributed by atoms with van der Waals surface area (Å²) in [6, 6.07) is 8.28. The first-order valence-corrected chi connectivity index (χ1v) is 13.6. The Morgan fingerprint density at radius 2 is 1.63 bits per heavy atom. The van der Waals surface area contributed by atoms with Gasteiger partial charge < -0.3 is 9.47 Å². The van der Waals surface area contributed by atoms with Crippen LogP contribution in [0, 0.1) is 0 Å². The van der Waals surface area contributed by atoms with E-state index in [-0.39, 0.29) is 18.0 Å². The minimum Gasteiger partial charge on any atom is -0.483 e. The first-order chi connectivity index (χ1) is 14.8. The van der Waals surface area contributed by atoms with Gasteiger partial charge >= 0.3 is 5.97 Å². The summed E-state index contributed by atoms with van der Waals surface area (Å²) in [5.41, 5.74) is 1.20. The molecular weight excluding hydrogens is 392 g/mol. The monoisotopic (exact) mass is 434 g/mol. The van der Waals surface area contributed by atoms with Gasteiger partial charge in [-0.1, -0.05) is 82.9 Å². The standard InChI is InChI=1S/C26H42O3S/c1-3-4-5-6-7-8-9-10-11-20-26(27)29-25-19-15-13-17-23(25)22-16-12-14-18-24(22)28-21-30-2/h12,14,16,18,23,25H,3-11,13,15,17,19-21H2,1-2H3. The highest BCUT2D eigenvalue weighted by Crippen LogP contribution is 2.39. The Morgan fingerprint density at radius 1 is 0.967 bits per heavy atom. The molecule has 0 spiro atoms. The number of rotatable bonds is 15. The average Bonchev–Trinajstić information content (AvgIpc) is 2.77. The van der Waals surface area contributed by atoms with Gasteiger partial charge in [-0.3, -0.25) is 4.79 Å². The van der Waals surface area contributed by atoms with Crippen LogP contribution in [0.3, 0.4) is 0 Å². The third kappa shape index (κ3) is 9.32. The zero-order chi connectivity index (χ0) is 21.4. The molecule has 0 aromatic heterocycles. The summed E-state index contributed by atoms with van der Waals surface area (Å²) in [6.45, 7) is 2.26. The Morgan fingerprint density at radius 3 is 2.37 bits per heavy atom. The molecule has 2 unspecified atom stereocenters. The van der Waals surface area contributed by atoms with Crippen LogP contribution >= 0.6 is 11.8 Å². The van der Waals surface area contributed by atoms with Crippen molar-refractivity contribution in [3.63, 3.8) is 0 Å². The van der Waals surface area contributed by atoms with Crippen LogP contribution in [0.15, 0.2) is 24.3 Å². The van der Waals surface area contributed by atoms with Crippen molar-refractivity contribution in [3.05, 3.63) is 29.8 Å². The van der Waals surface area contributed by atoms with E-state index < -0.39 is 0 Å². The molecule has 3 nitrogen and oxygen atoms in total. The van der Waals surface area contributed by atoms with Crippen LogP contribution in [0.4, 0.5) is 0 Å². The SMILES string of the molecule is CCCCCCCCCCCC(=O)OC1CCCCC1c1ccccc1OCSC. The highest BCUT2D eigenvalue weighted by molar-refractivity contribution is 7.98. The molecule has 1 aromatic carbocycles. The van der Waals surface area contributed by atoms with E-state index in [1.165, 1.54) is 56.9 Å². The molecule has 1 saturated carbocycles. The number of hydrogen-bond donors (Lipinski definition) is 0. The summed E-state index contributed by atoms with van der Waals surface area (Å²) < 4.78 is 11.9. The first-order valence-electron chi connectivity index (χ1n) is 12.2. The van der Waals surface area contributed by atoms with Crippen molar-refractivity contribution in [2.24, 2.45) is 0 Å². The van der Waals surface area contributed by atoms with E-state index in [9.17, 15) is 4.79 Å². The fourth-order valence-corrected chi connectivity index (χ4v) is 4.69. The van der Waals surface area contributed by atoms with Gasteiger partial charge in [-0.2, -0.15) is 0 Å². The van der Waals surface area contributed by atoms with Crippen LogP contribution < -0.4 is 4.74 Å². The lowest BCUT2D eigenvalue weighted by atomic mass is 9.81. The quantitative estimate of drug-likeness (QED) is 0.160. The van der Waals surface area contributed by atoms with Gasteiger partial charge in [-0.15, -0.1) is 11.8 Å². The van der Waals surface area contributed by atoms with Crippen molar-refractivity contribution in [1.82, 2.24) is 0 Å². The highest BCUT2D eigenvalue weighted by Gasteiger charge is 2.31. The van der Waals surface area contributed by atoms with Gasteiger partial charge in [0, 0.05) is 17.9 Å². The number of hydrogen-bond acceptors (Lipinski definition) is 4. The van der Waals surface area contributed by atoms with Crippen LogP contribution in [0.25, 0.3) is 0 Å². The molecule has 0 heterocycles. The summed E-state index contributed by atoms with van der Waals surface area (Å²) in [5, 5.41) is 0. The van der Waals surface area contributed by atoms with Crippen molar-refractivity contribution in [3.8, 4) is 5.75 Å². The molecule has 1 aromatic rings. The summed E-state index contributed by atoms with van der Waals surface area (Å²) in [4.78, 5) is 12.5. The maximum atomic E-state index is 12.5. The van der Waals surface area contributed by atoms with Gasteiger partial charge in [0.15, 0.2) is 0 Å². The molecule has 1 fully saturated rings. The number of thioether (sulfide) groups is 1. The van der Waals surface area contributed by atoms with Crippen LogP contribution in [0.1, 0.15) is 108 Å². The van der Waals surface area contributed by atoms with Crippen molar-refractivity contribution in [2.45, 2.75) is 109 Å². The molecule has 1 aliphatic carbocycles. The van der Waals surface area contributed by atoms with E-state index in [4.69, 9.17) is 9.47 Å². The lowest BCUT2D eigenvalue weighted by Gasteiger charge is -2.32. The number of unbranched alkanes of at least 4 members (excludes halogenated alkanes) is 8. The summed E-state index contributed by atoms with van der Waals surface area (Å²) >= 11 is 1.67. The van der Waals surface area contributed by atoms with Gasteiger partial charge in [0.05, 0.1) is 0 Å². The molecular formula is C26H42O3S. The number of esters is 1. The maximum Gasteiger partial charge on any atom is 0.306 e. The minimum absolute atomic E-state index is 0.0103. The second kappa shape index (κ2) is 15.6. The van der Waals surface area contributed by atoms with Crippen molar-refractivity contribution < 1.29 is 14.3 Å². The number of carbonyl (C=O) groups is 1. The number of ether oxygens (including phenoxy) is 2.